The average Bonchev–Trinajstić information content (AvgIpc) is 3.33. The van der Waals surface area contributed by atoms with Crippen molar-refractivity contribution in [2.45, 2.75) is 12.8 Å². The Kier molecular flexibility index (Phi) is 7.19. The number of carbonyl (C=O) groups is 2. The summed E-state index contributed by atoms with van der Waals surface area (Å²) < 4.78 is 10.3. The fourth-order valence-corrected chi connectivity index (χ4v) is 3.23. The summed E-state index contributed by atoms with van der Waals surface area (Å²) in [5.74, 6) is 1.05. The van der Waals surface area contributed by atoms with Crippen LogP contribution in [0.5, 0.6) is 5.75 Å². The summed E-state index contributed by atoms with van der Waals surface area (Å²) in [6.07, 6.45) is 0.469. The maximum absolute atomic E-state index is 12.4. The summed E-state index contributed by atoms with van der Waals surface area (Å²) in [4.78, 5) is 29.0. The zero-order valence-electron chi connectivity index (χ0n) is 18.2. The van der Waals surface area contributed by atoms with Crippen molar-refractivity contribution in [3.05, 3.63) is 89.3 Å². The molecule has 0 saturated carbocycles. The highest BCUT2D eigenvalue weighted by Gasteiger charge is 2.12. The SMILES string of the molecule is COc1ccc(NC(=O)c2ccc(NC(=O)CCc3nc(-c4ccc(Cl)cc4)no3)cc2)cc1. The van der Waals surface area contributed by atoms with Crippen LogP contribution in [0.4, 0.5) is 11.4 Å². The second-order valence-corrected chi connectivity index (χ2v) is 7.76. The predicted octanol–water partition coefficient (Wildman–Crippen LogP) is 5.22. The van der Waals surface area contributed by atoms with Gasteiger partial charge in [0, 0.05) is 40.4 Å². The summed E-state index contributed by atoms with van der Waals surface area (Å²) in [5, 5.41) is 10.2. The number of hydrogen-bond donors (Lipinski definition) is 2. The van der Waals surface area contributed by atoms with E-state index >= 15 is 0 Å². The van der Waals surface area contributed by atoms with Crippen LogP contribution in [0.3, 0.4) is 0 Å². The minimum absolute atomic E-state index is 0.169. The van der Waals surface area contributed by atoms with Crippen LogP contribution in [0.25, 0.3) is 11.4 Å². The predicted molar refractivity (Wildman–Crippen MR) is 129 cm³/mol. The molecule has 2 N–H and O–H groups in total. The third-order valence-corrected chi connectivity index (χ3v) is 5.17. The molecule has 0 spiro atoms. The number of aryl methyl sites for hydroxylation is 1. The third kappa shape index (κ3) is 5.99. The molecule has 172 valence electrons. The Hall–Kier alpha value is -4.17. The number of hydrogen-bond acceptors (Lipinski definition) is 6. The highest BCUT2D eigenvalue weighted by molar-refractivity contribution is 6.30. The monoisotopic (exact) mass is 476 g/mol. The lowest BCUT2D eigenvalue weighted by Crippen LogP contribution is -2.14. The first-order valence-corrected chi connectivity index (χ1v) is 10.8. The second-order valence-electron chi connectivity index (χ2n) is 7.33. The molecule has 0 aliphatic heterocycles. The molecular formula is C25H21ClN4O4. The van der Waals surface area contributed by atoms with Gasteiger partial charge in [-0.25, -0.2) is 0 Å². The number of nitrogens with one attached hydrogen (secondary N) is 2. The van der Waals surface area contributed by atoms with E-state index in [1.54, 1.807) is 79.9 Å². The van der Waals surface area contributed by atoms with Gasteiger partial charge in [-0.15, -0.1) is 0 Å². The Morgan fingerprint density at radius 3 is 2.24 bits per heavy atom. The van der Waals surface area contributed by atoms with Gasteiger partial charge >= 0.3 is 0 Å². The number of rotatable bonds is 8. The van der Waals surface area contributed by atoms with Crippen molar-refractivity contribution >= 4 is 34.8 Å². The molecule has 4 aromatic rings. The smallest absolute Gasteiger partial charge is 0.255 e. The lowest BCUT2D eigenvalue weighted by atomic mass is 10.2. The molecule has 1 heterocycles. The summed E-state index contributed by atoms with van der Waals surface area (Å²) in [7, 11) is 1.58. The van der Waals surface area contributed by atoms with Gasteiger partial charge in [-0.2, -0.15) is 4.98 Å². The normalized spacial score (nSPS) is 10.5. The molecule has 34 heavy (non-hydrogen) atoms. The van der Waals surface area contributed by atoms with E-state index in [-0.39, 0.29) is 18.2 Å². The average molecular weight is 477 g/mol. The fraction of sp³-hybridized carbons (Fsp3) is 0.120. The van der Waals surface area contributed by atoms with Crippen LogP contribution in [0.2, 0.25) is 5.02 Å². The van der Waals surface area contributed by atoms with E-state index in [1.165, 1.54) is 0 Å². The number of ether oxygens (including phenoxy) is 1. The number of anilines is 2. The number of amides is 2. The largest absolute Gasteiger partial charge is 0.497 e. The van der Waals surface area contributed by atoms with Crippen LogP contribution in [-0.4, -0.2) is 29.1 Å². The zero-order valence-corrected chi connectivity index (χ0v) is 19.0. The molecule has 0 aliphatic carbocycles. The Balaban J connectivity index is 1.27. The first kappa shape index (κ1) is 23.0. The van der Waals surface area contributed by atoms with Crippen molar-refractivity contribution in [1.29, 1.82) is 0 Å². The lowest BCUT2D eigenvalue weighted by Gasteiger charge is -2.08. The van der Waals surface area contributed by atoms with E-state index in [2.05, 4.69) is 20.8 Å². The van der Waals surface area contributed by atoms with Gasteiger partial charge in [0.05, 0.1) is 7.11 Å². The van der Waals surface area contributed by atoms with Crippen LogP contribution < -0.4 is 15.4 Å². The van der Waals surface area contributed by atoms with E-state index in [9.17, 15) is 9.59 Å². The number of aromatic nitrogens is 2. The highest BCUT2D eigenvalue weighted by Crippen LogP contribution is 2.20. The Labute approximate surface area is 200 Å². The molecule has 0 atom stereocenters. The van der Waals surface area contributed by atoms with Crippen LogP contribution in [0, 0.1) is 0 Å². The molecule has 0 fully saturated rings. The molecular weight excluding hydrogens is 456 g/mol. The minimum Gasteiger partial charge on any atom is -0.497 e. The molecule has 9 heteroatoms. The van der Waals surface area contributed by atoms with Crippen LogP contribution in [0.15, 0.2) is 77.3 Å². The topological polar surface area (TPSA) is 106 Å². The number of halogens is 1. The molecule has 0 radical (unpaired) electrons. The number of methoxy groups -OCH3 is 1. The number of carbonyl (C=O) groups excluding carboxylic acids is 2. The van der Waals surface area contributed by atoms with E-state index < -0.39 is 0 Å². The maximum atomic E-state index is 12.4. The van der Waals surface area contributed by atoms with Crippen molar-refractivity contribution < 1.29 is 18.8 Å². The zero-order chi connectivity index (χ0) is 23.9. The van der Waals surface area contributed by atoms with E-state index in [4.69, 9.17) is 20.9 Å². The van der Waals surface area contributed by atoms with Gasteiger partial charge in [0.1, 0.15) is 5.75 Å². The maximum Gasteiger partial charge on any atom is 0.255 e. The van der Waals surface area contributed by atoms with Gasteiger partial charge in [0.15, 0.2) is 0 Å². The van der Waals surface area contributed by atoms with Crippen LogP contribution >= 0.6 is 11.6 Å². The van der Waals surface area contributed by atoms with Gasteiger partial charge < -0.3 is 19.9 Å². The van der Waals surface area contributed by atoms with Crippen LogP contribution in [0.1, 0.15) is 22.7 Å². The first-order chi connectivity index (χ1) is 16.5. The van der Waals surface area contributed by atoms with Crippen molar-refractivity contribution in [3.8, 4) is 17.1 Å². The van der Waals surface area contributed by atoms with Crippen molar-refractivity contribution in [3.63, 3.8) is 0 Å². The fourth-order valence-electron chi connectivity index (χ4n) is 3.10. The summed E-state index contributed by atoms with van der Waals surface area (Å²) in [5.41, 5.74) is 2.48. The lowest BCUT2D eigenvalue weighted by molar-refractivity contribution is -0.116. The molecule has 2 amide bonds. The number of nitrogens with zero attached hydrogens (tertiary/aromatic N) is 2. The summed E-state index contributed by atoms with van der Waals surface area (Å²) in [6.45, 7) is 0. The molecule has 0 aliphatic rings. The Bertz CT molecular complexity index is 1270. The third-order valence-electron chi connectivity index (χ3n) is 4.92. The van der Waals surface area contributed by atoms with Gasteiger partial charge in [0.25, 0.3) is 5.91 Å². The molecule has 4 rings (SSSR count). The summed E-state index contributed by atoms with van der Waals surface area (Å²) in [6, 6.07) is 20.8. The number of benzene rings is 3. The Morgan fingerprint density at radius 1 is 0.912 bits per heavy atom. The van der Waals surface area contributed by atoms with Gasteiger partial charge in [-0.05, 0) is 72.8 Å². The minimum atomic E-state index is -0.254. The Morgan fingerprint density at radius 2 is 1.56 bits per heavy atom. The van der Waals surface area contributed by atoms with Gasteiger partial charge in [-0.3, -0.25) is 9.59 Å². The molecule has 1 aromatic heterocycles. The molecule has 0 bridgehead atoms. The van der Waals surface area contributed by atoms with Crippen molar-refractivity contribution in [1.82, 2.24) is 10.1 Å². The molecule has 0 unspecified atom stereocenters. The molecule has 3 aromatic carbocycles. The van der Waals surface area contributed by atoms with Gasteiger partial charge in [-0.1, -0.05) is 16.8 Å². The van der Waals surface area contributed by atoms with Crippen molar-refractivity contribution in [2.75, 3.05) is 17.7 Å². The van der Waals surface area contributed by atoms with E-state index in [0.717, 1.165) is 5.56 Å². The standard InChI is InChI=1S/C25H21ClN4O4/c1-33-21-12-10-20(11-13-21)28-25(32)17-4-8-19(9-5-17)27-22(31)14-15-23-29-24(30-34-23)16-2-6-18(26)7-3-16/h2-13H,14-15H2,1H3,(H,27,31)(H,28,32). The van der Waals surface area contributed by atoms with Crippen LogP contribution in [-0.2, 0) is 11.2 Å². The summed E-state index contributed by atoms with van der Waals surface area (Å²) >= 11 is 5.89. The quantitative estimate of drug-likeness (QED) is 0.361. The molecule has 8 nitrogen and oxygen atoms in total. The van der Waals surface area contributed by atoms with Crippen molar-refractivity contribution in [2.24, 2.45) is 0 Å². The highest BCUT2D eigenvalue weighted by atomic mass is 35.5. The second kappa shape index (κ2) is 10.6. The molecule has 0 saturated heterocycles. The van der Waals surface area contributed by atoms with E-state index in [0.29, 0.717) is 45.8 Å². The van der Waals surface area contributed by atoms with Gasteiger partial charge in [0.2, 0.25) is 17.6 Å². The van der Waals surface area contributed by atoms with E-state index in [1.807, 2.05) is 0 Å². The first-order valence-electron chi connectivity index (χ1n) is 10.4.